The molecule has 36 heavy (non-hydrogen) atoms. The van der Waals surface area contributed by atoms with E-state index in [0.29, 0.717) is 12.2 Å². The average molecular weight is 491 g/mol. The van der Waals surface area contributed by atoms with E-state index in [0.717, 1.165) is 41.3 Å². The number of nitrogens with one attached hydrogen (secondary N) is 2. The Labute approximate surface area is 212 Å². The van der Waals surface area contributed by atoms with E-state index >= 15 is 0 Å². The summed E-state index contributed by atoms with van der Waals surface area (Å²) in [6.45, 7) is 10.0. The van der Waals surface area contributed by atoms with Gasteiger partial charge >= 0.3 is 0 Å². The summed E-state index contributed by atoms with van der Waals surface area (Å²) in [5.41, 5.74) is 2.70. The third kappa shape index (κ3) is 6.04. The van der Waals surface area contributed by atoms with Crippen molar-refractivity contribution >= 4 is 11.7 Å². The van der Waals surface area contributed by atoms with E-state index in [2.05, 4.69) is 44.3 Å². The van der Waals surface area contributed by atoms with E-state index in [9.17, 15) is 9.90 Å². The molecule has 1 aliphatic heterocycles. The fourth-order valence-electron chi connectivity index (χ4n) is 4.51. The summed E-state index contributed by atoms with van der Waals surface area (Å²) in [4.78, 5) is 27.8. The quantitative estimate of drug-likeness (QED) is 0.413. The zero-order valence-electron chi connectivity index (χ0n) is 21.2. The zero-order chi connectivity index (χ0) is 25.7. The highest BCUT2D eigenvalue weighted by atomic mass is 16.5. The van der Waals surface area contributed by atoms with Crippen molar-refractivity contribution in [3.8, 4) is 11.3 Å². The lowest BCUT2D eigenvalue weighted by Crippen LogP contribution is -2.55. The second-order valence-electron chi connectivity index (χ2n) is 9.33. The number of aryl methyl sites for hydroxylation is 1. The van der Waals surface area contributed by atoms with Crippen molar-refractivity contribution in [3.63, 3.8) is 0 Å². The molecule has 0 aliphatic carbocycles. The van der Waals surface area contributed by atoms with E-state index in [4.69, 9.17) is 4.74 Å². The molecular formula is C27H34N6O3. The Morgan fingerprint density at radius 3 is 2.75 bits per heavy atom. The van der Waals surface area contributed by atoms with Gasteiger partial charge in [0.15, 0.2) is 0 Å². The van der Waals surface area contributed by atoms with Crippen LogP contribution in [0, 0.1) is 6.92 Å². The molecule has 3 atom stereocenters. The van der Waals surface area contributed by atoms with Crippen molar-refractivity contribution in [2.45, 2.75) is 52.1 Å². The SMILES string of the molecule is CCNC1OCCN(c2cc(-c3cc(CC(C)(O)NC(=O)c4ccncc4)ccc3C)ncn2)C1C. The number of carbonyl (C=O) groups excluding carboxylic acids is 1. The number of aromatic nitrogens is 3. The molecule has 3 aromatic rings. The molecule has 1 aromatic carbocycles. The molecule has 4 rings (SSSR count). The van der Waals surface area contributed by atoms with Gasteiger partial charge in [0.25, 0.3) is 5.91 Å². The van der Waals surface area contributed by atoms with Crippen molar-refractivity contribution in [2.75, 3.05) is 24.6 Å². The monoisotopic (exact) mass is 490 g/mol. The van der Waals surface area contributed by atoms with E-state index in [1.165, 1.54) is 0 Å². The molecule has 190 valence electrons. The summed E-state index contributed by atoms with van der Waals surface area (Å²) in [6.07, 6.45) is 4.86. The van der Waals surface area contributed by atoms with Gasteiger partial charge in [-0.3, -0.25) is 15.1 Å². The average Bonchev–Trinajstić information content (AvgIpc) is 2.87. The molecule has 2 aromatic heterocycles. The van der Waals surface area contributed by atoms with Crippen LogP contribution < -0.4 is 15.5 Å². The number of anilines is 1. The number of nitrogens with zero attached hydrogens (tertiary/aromatic N) is 4. The van der Waals surface area contributed by atoms with Gasteiger partial charge in [-0.05, 0) is 56.6 Å². The second-order valence-corrected chi connectivity index (χ2v) is 9.33. The van der Waals surface area contributed by atoms with Crippen molar-refractivity contribution < 1.29 is 14.6 Å². The normalized spacial score (nSPS) is 19.5. The maximum Gasteiger partial charge on any atom is 0.253 e. The Kier molecular flexibility index (Phi) is 7.93. The highest BCUT2D eigenvalue weighted by molar-refractivity contribution is 5.94. The Morgan fingerprint density at radius 1 is 1.22 bits per heavy atom. The fourth-order valence-corrected chi connectivity index (χ4v) is 4.51. The number of pyridine rings is 1. The predicted octanol–water partition coefficient (Wildman–Crippen LogP) is 2.69. The summed E-state index contributed by atoms with van der Waals surface area (Å²) in [6, 6.07) is 11.3. The lowest BCUT2D eigenvalue weighted by Gasteiger charge is -2.40. The van der Waals surface area contributed by atoms with E-state index < -0.39 is 5.72 Å². The van der Waals surface area contributed by atoms with Gasteiger partial charge in [-0.2, -0.15) is 0 Å². The molecule has 0 bridgehead atoms. The number of ether oxygens (including phenoxy) is 1. The maximum atomic E-state index is 12.5. The maximum absolute atomic E-state index is 12.5. The number of carbonyl (C=O) groups is 1. The minimum atomic E-state index is -1.44. The molecule has 3 N–H and O–H groups in total. The molecule has 1 fully saturated rings. The van der Waals surface area contributed by atoms with Gasteiger partial charge in [0, 0.05) is 42.6 Å². The number of aliphatic hydroxyl groups is 1. The smallest absolute Gasteiger partial charge is 0.253 e. The molecule has 9 heteroatoms. The van der Waals surface area contributed by atoms with Gasteiger partial charge in [-0.25, -0.2) is 9.97 Å². The summed E-state index contributed by atoms with van der Waals surface area (Å²) in [7, 11) is 0. The van der Waals surface area contributed by atoms with Gasteiger partial charge in [0.2, 0.25) is 0 Å². The first-order valence-electron chi connectivity index (χ1n) is 12.3. The predicted molar refractivity (Wildman–Crippen MR) is 138 cm³/mol. The van der Waals surface area contributed by atoms with Crippen LogP contribution in [-0.2, 0) is 11.2 Å². The minimum absolute atomic E-state index is 0.0585. The molecule has 1 aliphatic rings. The second kappa shape index (κ2) is 11.1. The Morgan fingerprint density at radius 2 is 2.00 bits per heavy atom. The largest absolute Gasteiger partial charge is 0.371 e. The zero-order valence-corrected chi connectivity index (χ0v) is 21.2. The molecule has 0 spiro atoms. The van der Waals surface area contributed by atoms with Gasteiger partial charge in [0.1, 0.15) is 24.1 Å². The number of likely N-dealkylation sites (N-methyl/N-ethyl adjacent to an activating group) is 1. The van der Waals surface area contributed by atoms with Gasteiger partial charge in [-0.15, -0.1) is 0 Å². The summed E-state index contributed by atoms with van der Waals surface area (Å²) >= 11 is 0. The van der Waals surface area contributed by atoms with Gasteiger partial charge in [0.05, 0.1) is 18.3 Å². The number of hydrogen-bond donors (Lipinski definition) is 3. The summed E-state index contributed by atoms with van der Waals surface area (Å²) in [5, 5.41) is 17.0. The van der Waals surface area contributed by atoms with Crippen LogP contribution in [0.15, 0.2) is 55.1 Å². The van der Waals surface area contributed by atoms with Crippen LogP contribution in [0.4, 0.5) is 5.82 Å². The Hall–Kier alpha value is -3.40. The molecule has 9 nitrogen and oxygen atoms in total. The van der Waals surface area contributed by atoms with E-state index in [1.807, 2.05) is 31.2 Å². The molecule has 3 unspecified atom stereocenters. The van der Waals surface area contributed by atoms with Crippen LogP contribution in [0.25, 0.3) is 11.3 Å². The van der Waals surface area contributed by atoms with Crippen molar-refractivity contribution in [2.24, 2.45) is 0 Å². The first-order chi connectivity index (χ1) is 17.3. The third-order valence-corrected chi connectivity index (χ3v) is 6.36. The Bertz CT molecular complexity index is 1190. The number of amides is 1. The lowest BCUT2D eigenvalue weighted by molar-refractivity contribution is -0.00508. The molecule has 0 radical (unpaired) electrons. The standard InChI is InChI=1S/C27H34N6O3/c1-5-29-26-19(3)33(12-13-36-26)24-15-23(30-17-31-24)22-14-20(7-6-18(22)2)16-27(4,35)32-25(34)21-8-10-28-11-9-21/h6-11,14-15,17,19,26,29,35H,5,12-13,16H2,1-4H3,(H,32,34). The lowest BCUT2D eigenvalue weighted by atomic mass is 9.97. The van der Waals surface area contributed by atoms with Crippen LogP contribution in [0.3, 0.4) is 0 Å². The van der Waals surface area contributed by atoms with Crippen molar-refractivity contribution in [1.29, 1.82) is 0 Å². The summed E-state index contributed by atoms with van der Waals surface area (Å²) < 4.78 is 5.88. The van der Waals surface area contributed by atoms with Crippen LogP contribution in [0.5, 0.6) is 0 Å². The van der Waals surface area contributed by atoms with Crippen LogP contribution in [-0.4, -0.2) is 63.7 Å². The number of benzene rings is 1. The molecule has 3 heterocycles. The van der Waals surface area contributed by atoms with Crippen LogP contribution in [0.2, 0.25) is 0 Å². The van der Waals surface area contributed by atoms with Gasteiger partial charge in [-0.1, -0.05) is 19.1 Å². The minimum Gasteiger partial charge on any atom is -0.371 e. The highest BCUT2D eigenvalue weighted by Crippen LogP contribution is 2.28. The summed E-state index contributed by atoms with van der Waals surface area (Å²) in [5.74, 6) is 0.491. The van der Waals surface area contributed by atoms with Gasteiger partial charge < -0.3 is 20.1 Å². The molecule has 1 amide bonds. The van der Waals surface area contributed by atoms with Crippen molar-refractivity contribution in [3.05, 3.63) is 71.8 Å². The van der Waals surface area contributed by atoms with Crippen LogP contribution in [0.1, 0.15) is 42.3 Å². The molecule has 1 saturated heterocycles. The number of morpholine rings is 1. The first-order valence-corrected chi connectivity index (χ1v) is 12.3. The third-order valence-electron chi connectivity index (χ3n) is 6.36. The fraction of sp³-hybridized carbons (Fsp3) is 0.407. The Balaban J connectivity index is 1.54. The number of hydrogen-bond acceptors (Lipinski definition) is 8. The van der Waals surface area contributed by atoms with E-state index in [1.54, 1.807) is 37.8 Å². The topological polar surface area (TPSA) is 113 Å². The van der Waals surface area contributed by atoms with E-state index in [-0.39, 0.29) is 24.6 Å². The highest BCUT2D eigenvalue weighted by Gasteiger charge is 2.29. The van der Waals surface area contributed by atoms with Crippen LogP contribution >= 0.6 is 0 Å². The first kappa shape index (κ1) is 25.7. The molecular weight excluding hydrogens is 456 g/mol. The number of rotatable bonds is 8. The van der Waals surface area contributed by atoms with Crippen molar-refractivity contribution in [1.82, 2.24) is 25.6 Å². The molecule has 0 saturated carbocycles.